The van der Waals surface area contributed by atoms with Crippen LogP contribution in [0.4, 0.5) is 0 Å². The van der Waals surface area contributed by atoms with Crippen molar-refractivity contribution in [3.63, 3.8) is 0 Å². The summed E-state index contributed by atoms with van der Waals surface area (Å²) in [5, 5.41) is 9.18. The highest BCUT2D eigenvalue weighted by molar-refractivity contribution is 7.92. The van der Waals surface area contributed by atoms with Crippen LogP contribution in [-0.2, 0) is 19.9 Å². The smallest absolute Gasteiger partial charge is 0.217 e. The molecule has 0 aliphatic carbocycles. The molecule has 2 rings (SSSR count). The number of sulfonamides is 1. The van der Waals surface area contributed by atoms with E-state index in [1.165, 1.54) is 4.31 Å². The molecule has 2 aliphatic rings. The summed E-state index contributed by atoms with van der Waals surface area (Å²) in [5.74, 6) is 0.00565. The van der Waals surface area contributed by atoms with Crippen molar-refractivity contribution in [2.75, 3.05) is 24.6 Å². The van der Waals surface area contributed by atoms with Crippen LogP contribution in [-0.4, -0.2) is 62.2 Å². The highest BCUT2D eigenvalue weighted by Gasteiger charge is 2.39. The summed E-state index contributed by atoms with van der Waals surface area (Å²) in [6, 6.07) is 0. The Morgan fingerprint density at radius 1 is 1.16 bits per heavy atom. The molecule has 0 saturated carbocycles. The monoisotopic (exact) mass is 311 g/mol. The number of aliphatic hydroxyl groups excluding tert-OH is 1. The largest absolute Gasteiger partial charge is 0.391 e. The Labute approximate surface area is 114 Å². The molecule has 2 atom stereocenters. The lowest BCUT2D eigenvalue weighted by Gasteiger charge is -2.36. The Hall–Kier alpha value is -0.180. The second kappa shape index (κ2) is 5.31. The van der Waals surface area contributed by atoms with Crippen LogP contribution in [0.2, 0.25) is 0 Å². The van der Waals surface area contributed by atoms with E-state index in [1.54, 1.807) is 0 Å². The fourth-order valence-electron chi connectivity index (χ4n) is 2.63. The summed E-state index contributed by atoms with van der Waals surface area (Å²) in [6.07, 6.45) is 0.362. The molecule has 1 N–H and O–H groups in total. The van der Waals surface area contributed by atoms with Gasteiger partial charge in [0.15, 0.2) is 0 Å². The van der Waals surface area contributed by atoms with E-state index in [0.29, 0.717) is 13.0 Å². The number of sulfone groups is 1. The van der Waals surface area contributed by atoms with Gasteiger partial charge >= 0.3 is 0 Å². The lowest BCUT2D eigenvalue weighted by molar-refractivity contribution is 0.0601. The number of nitrogens with zero attached hydrogens (tertiary/aromatic N) is 1. The van der Waals surface area contributed by atoms with E-state index in [9.17, 15) is 21.9 Å². The molecule has 0 aromatic carbocycles. The van der Waals surface area contributed by atoms with E-state index >= 15 is 0 Å². The van der Waals surface area contributed by atoms with Crippen LogP contribution in [0, 0.1) is 5.92 Å². The fraction of sp³-hybridized carbons (Fsp3) is 1.00. The van der Waals surface area contributed by atoms with Crippen LogP contribution in [0.3, 0.4) is 0 Å². The molecular formula is C11H21NO5S2. The Bertz CT molecular complexity index is 513. The molecule has 0 aromatic rings. The summed E-state index contributed by atoms with van der Waals surface area (Å²) in [4.78, 5) is 0. The number of rotatable bonds is 2. The molecule has 0 radical (unpaired) electrons. The molecule has 0 amide bonds. The summed E-state index contributed by atoms with van der Waals surface area (Å²) in [7, 11) is -6.54. The van der Waals surface area contributed by atoms with Crippen molar-refractivity contribution < 1.29 is 21.9 Å². The number of β-amino-alcohol motifs (C(OH)–C–C–N with tert-alkyl or cyclic N) is 1. The maximum Gasteiger partial charge on any atom is 0.217 e. The van der Waals surface area contributed by atoms with Gasteiger partial charge < -0.3 is 5.11 Å². The van der Waals surface area contributed by atoms with E-state index < -0.39 is 31.2 Å². The SMILES string of the molecule is CC1CCN(S(=O)(=O)C2CCS(=O)(=O)CC2)CC1O. The topological polar surface area (TPSA) is 91.8 Å². The maximum absolute atomic E-state index is 12.4. The lowest BCUT2D eigenvalue weighted by atomic mass is 9.98. The Kier molecular flexibility index (Phi) is 4.25. The quantitative estimate of drug-likeness (QED) is 0.749. The molecule has 0 spiro atoms. The first-order valence-corrected chi connectivity index (χ1v) is 9.92. The second-order valence-electron chi connectivity index (χ2n) is 5.59. The van der Waals surface area contributed by atoms with Crippen molar-refractivity contribution in [1.82, 2.24) is 4.31 Å². The average Bonchev–Trinajstić information content (AvgIpc) is 2.32. The molecule has 0 aromatic heterocycles. The minimum Gasteiger partial charge on any atom is -0.391 e. The van der Waals surface area contributed by atoms with Gasteiger partial charge in [-0.2, -0.15) is 4.31 Å². The summed E-state index contributed by atoms with van der Waals surface area (Å²) in [6.45, 7) is 2.46. The molecule has 19 heavy (non-hydrogen) atoms. The maximum atomic E-state index is 12.4. The summed E-state index contributed by atoms with van der Waals surface area (Å²) in [5.41, 5.74) is 0. The summed E-state index contributed by atoms with van der Waals surface area (Å²) < 4.78 is 48.9. The highest BCUT2D eigenvalue weighted by Crippen LogP contribution is 2.26. The molecule has 112 valence electrons. The first-order chi connectivity index (χ1) is 8.72. The van der Waals surface area contributed by atoms with Gasteiger partial charge in [0.2, 0.25) is 10.0 Å². The Balaban J connectivity index is 2.07. The van der Waals surface area contributed by atoms with Gasteiger partial charge in [0.1, 0.15) is 9.84 Å². The molecule has 2 aliphatic heterocycles. The van der Waals surface area contributed by atoms with Crippen molar-refractivity contribution in [2.45, 2.75) is 37.5 Å². The van der Waals surface area contributed by atoms with Gasteiger partial charge in [-0.1, -0.05) is 6.92 Å². The van der Waals surface area contributed by atoms with Gasteiger partial charge in [-0.15, -0.1) is 0 Å². The minimum atomic E-state index is -3.48. The predicted octanol–water partition coefficient (Wildman–Crippen LogP) is -0.404. The third kappa shape index (κ3) is 3.29. The van der Waals surface area contributed by atoms with Crippen molar-refractivity contribution in [3.8, 4) is 0 Å². The number of hydrogen-bond donors (Lipinski definition) is 1. The van der Waals surface area contributed by atoms with E-state index in [-0.39, 0.29) is 36.8 Å². The van der Waals surface area contributed by atoms with E-state index in [0.717, 1.165) is 0 Å². The van der Waals surface area contributed by atoms with Gasteiger partial charge in [-0.05, 0) is 25.2 Å². The van der Waals surface area contributed by atoms with Crippen LogP contribution in [0.5, 0.6) is 0 Å². The molecule has 0 bridgehead atoms. The Morgan fingerprint density at radius 2 is 1.74 bits per heavy atom. The third-order valence-electron chi connectivity index (χ3n) is 4.16. The Morgan fingerprint density at radius 3 is 2.26 bits per heavy atom. The zero-order chi connectivity index (χ0) is 14.3. The molecule has 2 heterocycles. The molecular weight excluding hydrogens is 290 g/mol. The van der Waals surface area contributed by atoms with E-state index in [4.69, 9.17) is 0 Å². The van der Waals surface area contributed by atoms with Crippen LogP contribution in [0.1, 0.15) is 26.2 Å². The normalized spacial score (nSPS) is 34.2. The zero-order valence-electron chi connectivity index (χ0n) is 11.0. The molecule has 2 unspecified atom stereocenters. The molecule has 2 fully saturated rings. The average molecular weight is 311 g/mol. The van der Waals surface area contributed by atoms with Crippen LogP contribution in [0.15, 0.2) is 0 Å². The van der Waals surface area contributed by atoms with Gasteiger partial charge in [-0.3, -0.25) is 0 Å². The summed E-state index contributed by atoms with van der Waals surface area (Å²) >= 11 is 0. The molecule has 2 saturated heterocycles. The van der Waals surface area contributed by atoms with Gasteiger partial charge in [-0.25, -0.2) is 16.8 Å². The number of piperidine rings is 1. The zero-order valence-corrected chi connectivity index (χ0v) is 12.7. The van der Waals surface area contributed by atoms with Crippen molar-refractivity contribution >= 4 is 19.9 Å². The van der Waals surface area contributed by atoms with E-state index in [2.05, 4.69) is 0 Å². The van der Waals surface area contributed by atoms with Crippen molar-refractivity contribution in [1.29, 1.82) is 0 Å². The first-order valence-electron chi connectivity index (χ1n) is 6.60. The first kappa shape index (κ1) is 15.2. The van der Waals surface area contributed by atoms with E-state index in [1.807, 2.05) is 6.92 Å². The van der Waals surface area contributed by atoms with Gasteiger partial charge in [0, 0.05) is 13.1 Å². The van der Waals surface area contributed by atoms with Gasteiger partial charge in [0.25, 0.3) is 0 Å². The van der Waals surface area contributed by atoms with Crippen LogP contribution < -0.4 is 0 Å². The molecule has 6 nitrogen and oxygen atoms in total. The van der Waals surface area contributed by atoms with Crippen molar-refractivity contribution in [3.05, 3.63) is 0 Å². The fourth-order valence-corrected chi connectivity index (χ4v) is 6.39. The standard InChI is InChI=1S/C11H21NO5S2/c1-9-2-5-12(8-11(9)13)19(16,17)10-3-6-18(14,15)7-4-10/h9-11,13H,2-8H2,1H3. The number of aliphatic hydroxyl groups is 1. The highest BCUT2D eigenvalue weighted by atomic mass is 32.2. The lowest BCUT2D eigenvalue weighted by Crippen LogP contribution is -2.50. The molecule has 8 heteroatoms. The minimum absolute atomic E-state index is 0.0519. The predicted molar refractivity (Wildman–Crippen MR) is 72.0 cm³/mol. The van der Waals surface area contributed by atoms with Crippen LogP contribution in [0.25, 0.3) is 0 Å². The number of hydrogen-bond acceptors (Lipinski definition) is 5. The second-order valence-corrected chi connectivity index (χ2v) is 10.1. The van der Waals surface area contributed by atoms with Crippen LogP contribution >= 0.6 is 0 Å². The third-order valence-corrected chi connectivity index (χ3v) is 8.24. The van der Waals surface area contributed by atoms with Crippen molar-refractivity contribution in [2.24, 2.45) is 5.92 Å². The van der Waals surface area contributed by atoms with Gasteiger partial charge in [0.05, 0.1) is 22.9 Å².